The molecule has 3 aromatic rings. The lowest BCUT2D eigenvalue weighted by atomic mass is 10.2. The summed E-state index contributed by atoms with van der Waals surface area (Å²) in [4.78, 5) is 35.9. The lowest BCUT2D eigenvalue weighted by molar-refractivity contribution is -0.125. The van der Waals surface area contributed by atoms with E-state index in [4.69, 9.17) is 4.74 Å². The number of aromatic nitrogens is 2. The molecule has 3 rings (SSSR count). The van der Waals surface area contributed by atoms with Gasteiger partial charge < -0.3 is 4.74 Å². The van der Waals surface area contributed by atoms with Gasteiger partial charge in [0.05, 0.1) is 17.6 Å². The normalized spacial score (nSPS) is 10.2. The van der Waals surface area contributed by atoms with Gasteiger partial charge in [-0.1, -0.05) is 36.4 Å². The van der Waals surface area contributed by atoms with Crippen LogP contribution in [0.5, 0.6) is 0 Å². The van der Waals surface area contributed by atoms with Gasteiger partial charge in [0.25, 0.3) is 11.8 Å². The van der Waals surface area contributed by atoms with Crippen molar-refractivity contribution < 1.29 is 19.1 Å². The highest BCUT2D eigenvalue weighted by Gasteiger charge is 2.18. The van der Waals surface area contributed by atoms with Gasteiger partial charge in [0.15, 0.2) is 6.61 Å². The lowest BCUT2D eigenvalue weighted by Crippen LogP contribution is -2.43. The average Bonchev–Trinajstić information content (AvgIpc) is 3.13. The number of amides is 2. The average molecular weight is 378 g/mol. The van der Waals surface area contributed by atoms with Crippen molar-refractivity contribution in [3.05, 3.63) is 83.7 Å². The van der Waals surface area contributed by atoms with Gasteiger partial charge in [-0.25, -0.2) is 9.48 Å². The number of hydrogen-bond acceptors (Lipinski definition) is 5. The third-order valence-electron chi connectivity index (χ3n) is 3.92. The van der Waals surface area contributed by atoms with Crippen LogP contribution in [0.25, 0.3) is 5.69 Å². The van der Waals surface area contributed by atoms with E-state index in [1.165, 1.54) is 6.20 Å². The minimum absolute atomic E-state index is 0.255. The predicted octanol–water partition coefficient (Wildman–Crippen LogP) is 1.80. The van der Waals surface area contributed by atoms with Crippen molar-refractivity contribution in [3.8, 4) is 5.69 Å². The Morgan fingerprint density at radius 2 is 1.61 bits per heavy atom. The van der Waals surface area contributed by atoms with Crippen LogP contribution in [0, 0.1) is 6.92 Å². The SMILES string of the molecule is Cc1c(C(=O)OCC(=O)NNC(=O)c2ccccc2)cnn1-c1ccccc1. The number of rotatable bonds is 5. The third kappa shape index (κ3) is 4.42. The number of hydrogen-bond donors (Lipinski definition) is 2. The Balaban J connectivity index is 1.52. The first-order valence-electron chi connectivity index (χ1n) is 8.47. The van der Waals surface area contributed by atoms with E-state index in [0.717, 1.165) is 5.69 Å². The molecule has 142 valence electrons. The van der Waals surface area contributed by atoms with E-state index in [1.807, 2.05) is 30.3 Å². The van der Waals surface area contributed by atoms with Crippen molar-refractivity contribution in [1.29, 1.82) is 0 Å². The second-order valence-corrected chi connectivity index (χ2v) is 5.84. The van der Waals surface area contributed by atoms with E-state index in [0.29, 0.717) is 11.3 Å². The molecule has 0 unspecified atom stereocenters. The summed E-state index contributed by atoms with van der Waals surface area (Å²) in [5.74, 6) is -1.81. The van der Waals surface area contributed by atoms with Gasteiger partial charge in [-0.05, 0) is 31.2 Å². The second-order valence-electron chi connectivity index (χ2n) is 5.84. The highest BCUT2D eigenvalue weighted by molar-refractivity contribution is 5.96. The zero-order chi connectivity index (χ0) is 19.9. The Hall–Kier alpha value is -3.94. The van der Waals surface area contributed by atoms with Crippen LogP contribution < -0.4 is 10.9 Å². The lowest BCUT2D eigenvalue weighted by Gasteiger charge is -2.08. The van der Waals surface area contributed by atoms with Crippen LogP contribution in [0.3, 0.4) is 0 Å². The van der Waals surface area contributed by atoms with Crippen LogP contribution in [0.15, 0.2) is 66.9 Å². The zero-order valence-electron chi connectivity index (χ0n) is 15.1. The summed E-state index contributed by atoms with van der Waals surface area (Å²) >= 11 is 0. The Morgan fingerprint density at radius 1 is 0.964 bits per heavy atom. The molecule has 0 aliphatic rings. The summed E-state index contributed by atoms with van der Waals surface area (Å²) in [6.07, 6.45) is 1.39. The molecule has 0 saturated carbocycles. The molecular weight excluding hydrogens is 360 g/mol. The van der Waals surface area contributed by atoms with E-state index in [9.17, 15) is 14.4 Å². The molecule has 28 heavy (non-hydrogen) atoms. The fourth-order valence-corrected chi connectivity index (χ4v) is 2.47. The van der Waals surface area contributed by atoms with Crippen molar-refractivity contribution in [1.82, 2.24) is 20.6 Å². The Bertz CT molecular complexity index is 984. The molecule has 2 amide bonds. The first-order chi connectivity index (χ1) is 13.6. The standard InChI is InChI=1S/C20H18N4O4/c1-14-17(12-21-24(14)16-10-6-3-7-11-16)20(27)28-13-18(25)22-23-19(26)15-8-4-2-5-9-15/h2-12H,13H2,1H3,(H,22,25)(H,23,26). The van der Waals surface area contributed by atoms with E-state index in [1.54, 1.807) is 41.9 Å². The molecule has 0 radical (unpaired) electrons. The van der Waals surface area contributed by atoms with Crippen molar-refractivity contribution in [2.45, 2.75) is 6.92 Å². The monoisotopic (exact) mass is 378 g/mol. The molecule has 2 N–H and O–H groups in total. The van der Waals surface area contributed by atoms with Crippen LogP contribution in [-0.2, 0) is 9.53 Å². The Kier molecular flexibility index (Phi) is 5.81. The second kappa shape index (κ2) is 8.63. The van der Waals surface area contributed by atoms with Crippen LogP contribution in [0.1, 0.15) is 26.4 Å². The van der Waals surface area contributed by atoms with Gasteiger partial charge in [-0.3, -0.25) is 20.4 Å². The molecule has 8 heteroatoms. The number of para-hydroxylation sites is 1. The minimum atomic E-state index is -0.677. The predicted molar refractivity (Wildman–Crippen MR) is 101 cm³/mol. The molecule has 0 aliphatic heterocycles. The molecule has 0 spiro atoms. The maximum absolute atomic E-state index is 12.2. The molecule has 0 bridgehead atoms. The summed E-state index contributed by atoms with van der Waals surface area (Å²) in [7, 11) is 0. The van der Waals surface area contributed by atoms with E-state index in [2.05, 4.69) is 16.0 Å². The van der Waals surface area contributed by atoms with E-state index >= 15 is 0 Å². The Morgan fingerprint density at radius 3 is 2.29 bits per heavy atom. The van der Waals surface area contributed by atoms with Gasteiger partial charge in [0.2, 0.25) is 0 Å². The van der Waals surface area contributed by atoms with Crippen LogP contribution >= 0.6 is 0 Å². The highest BCUT2D eigenvalue weighted by atomic mass is 16.5. The summed E-state index contributed by atoms with van der Waals surface area (Å²) in [5, 5.41) is 4.19. The molecule has 0 fully saturated rings. The molecule has 0 atom stereocenters. The quantitative estimate of drug-likeness (QED) is 0.521. The van der Waals surface area contributed by atoms with E-state index < -0.39 is 24.4 Å². The molecule has 0 aliphatic carbocycles. The number of carbonyl (C=O) groups is 3. The van der Waals surface area contributed by atoms with Gasteiger partial charge in [-0.15, -0.1) is 0 Å². The highest BCUT2D eigenvalue weighted by Crippen LogP contribution is 2.14. The fraction of sp³-hybridized carbons (Fsp3) is 0.100. The number of nitrogens with one attached hydrogen (secondary N) is 2. The van der Waals surface area contributed by atoms with Gasteiger partial charge in [0, 0.05) is 5.56 Å². The summed E-state index contributed by atoms with van der Waals surface area (Å²) in [6.45, 7) is 1.20. The van der Waals surface area contributed by atoms with Crippen LogP contribution in [-0.4, -0.2) is 34.2 Å². The zero-order valence-corrected chi connectivity index (χ0v) is 15.1. The number of ether oxygens (including phenoxy) is 1. The number of nitrogens with zero attached hydrogens (tertiary/aromatic N) is 2. The topological polar surface area (TPSA) is 102 Å². The maximum Gasteiger partial charge on any atom is 0.342 e. The summed E-state index contributed by atoms with van der Waals surface area (Å²) in [6, 6.07) is 17.7. The van der Waals surface area contributed by atoms with Crippen molar-refractivity contribution in [2.24, 2.45) is 0 Å². The largest absolute Gasteiger partial charge is 0.452 e. The first-order valence-corrected chi connectivity index (χ1v) is 8.47. The number of hydrazine groups is 1. The molecule has 8 nitrogen and oxygen atoms in total. The summed E-state index contributed by atoms with van der Waals surface area (Å²) in [5.41, 5.74) is 6.49. The number of esters is 1. The fourth-order valence-electron chi connectivity index (χ4n) is 2.47. The van der Waals surface area contributed by atoms with Gasteiger partial charge in [-0.2, -0.15) is 5.10 Å². The smallest absolute Gasteiger partial charge is 0.342 e. The van der Waals surface area contributed by atoms with Gasteiger partial charge in [0.1, 0.15) is 5.56 Å². The van der Waals surface area contributed by atoms with Crippen LogP contribution in [0.4, 0.5) is 0 Å². The van der Waals surface area contributed by atoms with Crippen molar-refractivity contribution >= 4 is 17.8 Å². The molecule has 2 aromatic carbocycles. The molecular formula is C20H18N4O4. The number of benzene rings is 2. The van der Waals surface area contributed by atoms with E-state index in [-0.39, 0.29) is 5.56 Å². The van der Waals surface area contributed by atoms with Crippen molar-refractivity contribution in [2.75, 3.05) is 6.61 Å². The third-order valence-corrected chi connectivity index (χ3v) is 3.92. The van der Waals surface area contributed by atoms with Crippen molar-refractivity contribution in [3.63, 3.8) is 0 Å². The Labute approximate surface area is 161 Å². The number of carbonyl (C=O) groups excluding carboxylic acids is 3. The minimum Gasteiger partial charge on any atom is -0.452 e. The summed E-state index contributed by atoms with van der Waals surface area (Å²) < 4.78 is 6.61. The maximum atomic E-state index is 12.2. The molecule has 1 aromatic heterocycles. The molecule has 0 saturated heterocycles. The molecule has 1 heterocycles. The van der Waals surface area contributed by atoms with Crippen LogP contribution in [0.2, 0.25) is 0 Å². The van der Waals surface area contributed by atoms with Gasteiger partial charge >= 0.3 is 5.97 Å². The first kappa shape index (κ1) is 18.8.